The van der Waals surface area contributed by atoms with Gasteiger partial charge in [0.2, 0.25) is 0 Å². The van der Waals surface area contributed by atoms with Gasteiger partial charge in [0.05, 0.1) is 5.02 Å². The van der Waals surface area contributed by atoms with Crippen LogP contribution >= 0.6 is 23.4 Å². The molecule has 3 aromatic rings. The maximum absolute atomic E-state index is 13.4. The number of aromatic nitrogens is 3. The first-order valence-electron chi connectivity index (χ1n) is 8.41. The number of rotatable bonds is 8. The van der Waals surface area contributed by atoms with Gasteiger partial charge in [0.1, 0.15) is 11.6 Å². The second-order valence-corrected chi connectivity index (χ2v) is 7.20. The standard InChI is InChI=1S/C20H19ClFN3OS/c1-3-11-25-19(14(2)26-18-10-5-4-9-17(18)21)23-24-20(25)27-13-15-7-6-8-16(22)12-15/h3-10,12,14H,1,11,13H2,2H3. The molecule has 4 nitrogen and oxygen atoms in total. The Labute approximate surface area is 167 Å². The molecule has 1 atom stereocenters. The normalized spacial score (nSPS) is 12.0. The van der Waals surface area contributed by atoms with Gasteiger partial charge in [-0.1, -0.05) is 53.7 Å². The van der Waals surface area contributed by atoms with Crippen LogP contribution in [0, 0.1) is 5.82 Å². The van der Waals surface area contributed by atoms with E-state index in [1.54, 1.807) is 18.2 Å². The quantitative estimate of drug-likeness (QED) is 0.358. The Morgan fingerprint density at radius 2 is 2.07 bits per heavy atom. The minimum atomic E-state index is -0.346. The van der Waals surface area contributed by atoms with Crippen LogP contribution in [0.25, 0.3) is 0 Å². The first-order chi connectivity index (χ1) is 13.1. The number of allylic oxidation sites excluding steroid dienone is 1. The molecule has 0 fully saturated rings. The van der Waals surface area contributed by atoms with Gasteiger partial charge in [0.25, 0.3) is 0 Å². The SMILES string of the molecule is C=CCn1c(SCc2cccc(F)c2)nnc1C(C)Oc1ccccc1Cl. The van der Waals surface area contributed by atoms with Gasteiger partial charge >= 0.3 is 0 Å². The first kappa shape index (κ1) is 19.5. The molecule has 0 saturated carbocycles. The molecule has 3 rings (SSSR count). The van der Waals surface area contributed by atoms with Crippen molar-refractivity contribution in [3.8, 4) is 5.75 Å². The van der Waals surface area contributed by atoms with Crippen molar-refractivity contribution in [1.82, 2.24) is 14.8 Å². The van der Waals surface area contributed by atoms with Gasteiger partial charge < -0.3 is 4.74 Å². The summed E-state index contributed by atoms with van der Waals surface area (Å²) in [7, 11) is 0. The van der Waals surface area contributed by atoms with Crippen LogP contribution in [-0.4, -0.2) is 14.8 Å². The van der Waals surface area contributed by atoms with E-state index in [9.17, 15) is 4.39 Å². The third-order valence-electron chi connectivity index (χ3n) is 3.82. The molecule has 1 unspecified atom stereocenters. The highest BCUT2D eigenvalue weighted by atomic mass is 35.5. The summed E-state index contributed by atoms with van der Waals surface area (Å²) in [5.74, 6) is 1.61. The Bertz CT molecular complexity index is 931. The van der Waals surface area contributed by atoms with Crippen molar-refractivity contribution >= 4 is 23.4 Å². The van der Waals surface area contributed by atoms with Crippen LogP contribution in [0.2, 0.25) is 5.02 Å². The number of nitrogens with zero attached hydrogens (tertiary/aromatic N) is 3. The number of ether oxygens (including phenoxy) is 1. The zero-order chi connectivity index (χ0) is 19.2. The van der Waals surface area contributed by atoms with Gasteiger partial charge in [-0.25, -0.2) is 4.39 Å². The van der Waals surface area contributed by atoms with Crippen LogP contribution in [0.5, 0.6) is 5.75 Å². The van der Waals surface area contributed by atoms with E-state index >= 15 is 0 Å². The average Bonchev–Trinajstić information content (AvgIpc) is 3.05. The summed E-state index contributed by atoms with van der Waals surface area (Å²) in [5, 5.41) is 9.84. The zero-order valence-corrected chi connectivity index (χ0v) is 16.4. The molecular weight excluding hydrogens is 385 g/mol. The molecule has 140 valence electrons. The van der Waals surface area contributed by atoms with Crippen molar-refractivity contribution in [3.63, 3.8) is 0 Å². The van der Waals surface area contributed by atoms with Crippen LogP contribution in [0.3, 0.4) is 0 Å². The van der Waals surface area contributed by atoms with E-state index in [0.29, 0.717) is 28.9 Å². The fraction of sp³-hybridized carbons (Fsp3) is 0.200. The smallest absolute Gasteiger partial charge is 0.191 e. The molecule has 0 saturated heterocycles. The summed E-state index contributed by atoms with van der Waals surface area (Å²) < 4.78 is 21.3. The highest BCUT2D eigenvalue weighted by molar-refractivity contribution is 7.98. The van der Waals surface area contributed by atoms with Gasteiger partial charge in [-0.2, -0.15) is 0 Å². The van der Waals surface area contributed by atoms with Crippen molar-refractivity contribution in [2.45, 2.75) is 30.5 Å². The van der Waals surface area contributed by atoms with Crippen molar-refractivity contribution in [2.24, 2.45) is 0 Å². The van der Waals surface area contributed by atoms with Crippen LogP contribution < -0.4 is 4.74 Å². The summed E-state index contributed by atoms with van der Waals surface area (Å²) >= 11 is 7.66. The lowest BCUT2D eigenvalue weighted by Gasteiger charge is -2.16. The highest BCUT2D eigenvalue weighted by Gasteiger charge is 2.19. The number of hydrogen-bond acceptors (Lipinski definition) is 4. The molecule has 2 aromatic carbocycles. The molecule has 0 radical (unpaired) electrons. The lowest BCUT2D eigenvalue weighted by atomic mass is 10.2. The van der Waals surface area contributed by atoms with Gasteiger partial charge in [-0.3, -0.25) is 4.57 Å². The number of para-hydroxylation sites is 1. The lowest BCUT2D eigenvalue weighted by Crippen LogP contribution is -2.12. The Kier molecular flexibility index (Phi) is 6.53. The van der Waals surface area contributed by atoms with E-state index < -0.39 is 0 Å². The Balaban J connectivity index is 1.77. The van der Waals surface area contributed by atoms with E-state index in [4.69, 9.17) is 16.3 Å². The molecule has 0 aliphatic heterocycles. The monoisotopic (exact) mass is 403 g/mol. The van der Waals surface area contributed by atoms with E-state index in [-0.39, 0.29) is 11.9 Å². The fourth-order valence-corrected chi connectivity index (χ4v) is 3.64. The molecule has 0 spiro atoms. The lowest BCUT2D eigenvalue weighted by molar-refractivity contribution is 0.210. The molecule has 0 amide bonds. The summed E-state index contributed by atoms with van der Waals surface area (Å²) in [6.07, 6.45) is 1.43. The van der Waals surface area contributed by atoms with E-state index in [1.807, 2.05) is 35.8 Å². The second kappa shape index (κ2) is 9.06. The molecule has 27 heavy (non-hydrogen) atoms. The minimum Gasteiger partial charge on any atom is -0.481 e. The molecule has 0 bridgehead atoms. The van der Waals surface area contributed by atoms with Gasteiger partial charge in [0.15, 0.2) is 17.1 Å². The zero-order valence-electron chi connectivity index (χ0n) is 14.8. The third-order valence-corrected chi connectivity index (χ3v) is 5.17. The Morgan fingerprint density at radius 1 is 1.26 bits per heavy atom. The molecule has 0 N–H and O–H groups in total. The number of benzene rings is 2. The largest absolute Gasteiger partial charge is 0.481 e. The van der Waals surface area contributed by atoms with Crippen molar-refractivity contribution < 1.29 is 9.13 Å². The minimum absolute atomic E-state index is 0.247. The summed E-state index contributed by atoms with van der Waals surface area (Å²) in [6, 6.07) is 13.8. The summed E-state index contributed by atoms with van der Waals surface area (Å²) in [6.45, 7) is 6.25. The predicted molar refractivity (Wildman–Crippen MR) is 107 cm³/mol. The van der Waals surface area contributed by atoms with Gasteiger partial charge in [-0.15, -0.1) is 16.8 Å². The van der Waals surface area contributed by atoms with Crippen molar-refractivity contribution in [1.29, 1.82) is 0 Å². The average molecular weight is 404 g/mol. The highest BCUT2D eigenvalue weighted by Crippen LogP contribution is 2.30. The van der Waals surface area contributed by atoms with Crippen LogP contribution in [0.15, 0.2) is 66.3 Å². The molecule has 1 heterocycles. The van der Waals surface area contributed by atoms with Crippen LogP contribution in [0.4, 0.5) is 4.39 Å². The predicted octanol–water partition coefficient (Wildman–Crippen LogP) is 5.69. The van der Waals surface area contributed by atoms with Crippen LogP contribution in [0.1, 0.15) is 24.4 Å². The fourth-order valence-electron chi connectivity index (χ4n) is 2.57. The van der Waals surface area contributed by atoms with E-state index in [0.717, 1.165) is 10.7 Å². The Hall–Kier alpha value is -2.31. The second-order valence-electron chi connectivity index (χ2n) is 5.85. The summed E-state index contributed by atoms with van der Waals surface area (Å²) in [5.41, 5.74) is 0.884. The molecule has 7 heteroatoms. The van der Waals surface area contributed by atoms with E-state index in [1.165, 1.54) is 23.9 Å². The van der Waals surface area contributed by atoms with Crippen molar-refractivity contribution in [2.75, 3.05) is 0 Å². The summed E-state index contributed by atoms with van der Waals surface area (Å²) in [4.78, 5) is 0. The van der Waals surface area contributed by atoms with E-state index in [2.05, 4.69) is 16.8 Å². The number of halogens is 2. The third kappa shape index (κ3) is 4.90. The van der Waals surface area contributed by atoms with Gasteiger partial charge in [-0.05, 0) is 36.8 Å². The first-order valence-corrected chi connectivity index (χ1v) is 9.77. The topological polar surface area (TPSA) is 39.9 Å². The molecule has 1 aromatic heterocycles. The molecular formula is C20H19ClFN3OS. The van der Waals surface area contributed by atoms with Crippen molar-refractivity contribution in [3.05, 3.63) is 83.4 Å². The maximum atomic E-state index is 13.4. The molecule has 0 aliphatic carbocycles. The Morgan fingerprint density at radius 3 is 2.81 bits per heavy atom. The van der Waals surface area contributed by atoms with Crippen LogP contribution in [-0.2, 0) is 12.3 Å². The number of thioether (sulfide) groups is 1. The molecule has 0 aliphatic rings. The number of hydrogen-bond donors (Lipinski definition) is 0. The maximum Gasteiger partial charge on any atom is 0.191 e. The van der Waals surface area contributed by atoms with Gasteiger partial charge in [0, 0.05) is 12.3 Å².